The van der Waals surface area contributed by atoms with E-state index in [-0.39, 0.29) is 22.0 Å². The Kier molecular flexibility index (Phi) is 4.61. The fourth-order valence-corrected chi connectivity index (χ4v) is 6.85. The maximum atomic E-state index is 12.9. The second-order valence-electron chi connectivity index (χ2n) is 6.95. The van der Waals surface area contributed by atoms with Crippen molar-refractivity contribution in [1.82, 2.24) is 5.32 Å². The number of nitrogens with one attached hydrogen (secondary N) is 1. The Hall–Kier alpha value is -0.0900. The van der Waals surface area contributed by atoms with Gasteiger partial charge < -0.3 is 5.32 Å². The van der Waals surface area contributed by atoms with Gasteiger partial charge in [-0.1, -0.05) is 40.0 Å². The van der Waals surface area contributed by atoms with E-state index in [2.05, 4.69) is 26.1 Å². The molecule has 1 N–H and O–H groups in total. The lowest BCUT2D eigenvalue weighted by atomic mass is 9.73. The van der Waals surface area contributed by atoms with Gasteiger partial charge in [0.2, 0.25) is 0 Å². The van der Waals surface area contributed by atoms with E-state index in [1.807, 2.05) is 0 Å². The van der Waals surface area contributed by atoms with Crippen LogP contribution in [0.2, 0.25) is 0 Å². The van der Waals surface area contributed by atoms with E-state index >= 15 is 0 Å². The van der Waals surface area contributed by atoms with Crippen LogP contribution in [0.15, 0.2) is 0 Å². The van der Waals surface area contributed by atoms with Crippen LogP contribution in [0.25, 0.3) is 0 Å². The van der Waals surface area contributed by atoms with Crippen LogP contribution in [0.4, 0.5) is 0 Å². The first-order chi connectivity index (χ1) is 8.89. The summed E-state index contributed by atoms with van der Waals surface area (Å²) in [6.45, 7) is 7.36. The van der Waals surface area contributed by atoms with Gasteiger partial charge in [0.05, 0.1) is 10.5 Å². The lowest BCUT2D eigenvalue weighted by molar-refractivity contribution is 0.172. The Morgan fingerprint density at radius 1 is 1.11 bits per heavy atom. The predicted molar refractivity (Wildman–Crippen MR) is 80.1 cm³/mol. The van der Waals surface area contributed by atoms with Crippen molar-refractivity contribution < 1.29 is 8.42 Å². The van der Waals surface area contributed by atoms with Gasteiger partial charge in [-0.05, 0) is 37.6 Å². The molecule has 3 nitrogen and oxygen atoms in total. The zero-order valence-corrected chi connectivity index (χ0v) is 13.4. The molecule has 2 fully saturated rings. The quantitative estimate of drug-likeness (QED) is 0.865. The molecule has 2 saturated carbocycles. The fraction of sp³-hybridized carbons (Fsp3) is 1.00. The molecule has 19 heavy (non-hydrogen) atoms. The van der Waals surface area contributed by atoms with Gasteiger partial charge in [-0.2, -0.15) is 0 Å². The molecule has 0 aromatic carbocycles. The summed E-state index contributed by atoms with van der Waals surface area (Å²) in [5, 5.41) is 3.25. The molecule has 0 bridgehead atoms. The zero-order chi connectivity index (χ0) is 14.1. The number of hydrogen-bond acceptors (Lipinski definition) is 3. The summed E-state index contributed by atoms with van der Waals surface area (Å²) in [7, 11) is -2.97. The first-order valence-corrected chi connectivity index (χ1v) is 9.46. The average Bonchev–Trinajstić information content (AvgIpc) is 2.85. The summed E-state index contributed by atoms with van der Waals surface area (Å²) in [5.41, 5.74) is 0.0879. The summed E-state index contributed by atoms with van der Waals surface area (Å²) in [6, 6.07) is 0.122. The Morgan fingerprint density at radius 3 is 2.32 bits per heavy atom. The van der Waals surface area contributed by atoms with Crippen molar-refractivity contribution in [3.8, 4) is 0 Å². The Bertz CT molecular complexity index is 396. The minimum absolute atomic E-state index is 0.0624. The Morgan fingerprint density at radius 2 is 1.74 bits per heavy atom. The van der Waals surface area contributed by atoms with Crippen LogP contribution >= 0.6 is 0 Å². The lowest BCUT2D eigenvalue weighted by Crippen LogP contribution is -2.56. The molecule has 0 aromatic heterocycles. The van der Waals surface area contributed by atoms with Gasteiger partial charge in [-0.25, -0.2) is 8.42 Å². The predicted octanol–water partition coefficient (Wildman–Crippen LogP) is 2.90. The number of rotatable bonds is 4. The van der Waals surface area contributed by atoms with Gasteiger partial charge >= 0.3 is 0 Å². The van der Waals surface area contributed by atoms with E-state index in [9.17, 15) is 8.42 Å². The largest absolute Gasteiger partial charge is 0.312 e. The van der Waals surface area contributed by atoms with Gasteiger partial charge in [0.15, 0.2) is 9.84 Å². The van der Waals surface area contributed by atoms with Crippen molar-refractivity contribution in [1.29, 1.82) is 0 Å². The van der Waals surface area contributed by atoms with Crippen molar-refractivity contribution in [2.45, 2.75) is 82.3 Å². The summed E-state index contributed by atoms with van der Waals surface area (Å²) in [4.78, 5) is 0. The van der Waals surface area contributed by atoms with E-state index in [0.717, 1.165) is 51.5 Å². The van der Waals surface area contributed by atoms with Crippen LogP contribution in [0.3, 0.4) is 0 Å². The average molecular weight is 287 g/mol. The minimum atomic E-state index is -2.97. The van der Waals surface area contributed by atoms with Crippen LogP contribution in [0, 0.1) is 5.41 Å². The third-order valence-corrected chi connectivity index (χ3v) is 7.89. The van der Waals surface area contributed by atoms with E-state index in [1.54, 1.807) is 0 Å². The van der Waals surface area contributed by atoms with Gasteiger partial charge in [-0.3, -0.25) is 0 Å². The van der Waals surface area contributed by atoms with Gasteiger partial charge in [0.25, 0.3) is 0 Å². The van der Waals surface area contributed by atoms with Crippen LogP contribution in [-0.2, 0) is 9.84 Å². The summed E-state index contributed by atoms with van der Waals surface area (Å²) in [5.74, 6) is 0. The topological polar surface area (TPSA) is 46.2 Å². The SMILES string of the molecule is CCNC1C(S(=O)(=O)C2CCCC2)CCCC1(C)C. The monoisotopic (exact) mass is 287 g/mol. The second-order valence-corrected chi connectivity index (χ2v) is 9.40. The third-order valence-electron chi connectivity index (χ3n) is 5.14. The van der Waals surface area contributed by atoms with Crippen LogP contribution < -0.4 is 5.32 Å². The Labute approximate surface area is 118 Å². The molecule has 112 valence electrons. The molecule has 2 unspecified atom stereocenters. The normalized spacial score (nSPS) is 32.6. The van der Waals surface area contributed by atoms with Crippen molar-refractivity contribution >= 4 is 9.84 Å². The molecular formula is C15H29NO2S. The van der Waals surface area contributed by atoms with E-state index < -0.39 is 9.84 Å². The third kappa shape index (κ3) is 2.99. The van der Waals surface area contributed by atoms with Crippen LogP contribution in [-0.4, -0.2) is 31.5 Å². The maximum Gasteiger partial charge on any atom is 0.157 e. The molecule has 2 aliphatic carbocycles. The van der Waals surface area contributed by atoms with E-state index in [4.69, 9.17) is 0 Å². The molecule has 0 amide bonds. The molecule has 0 heterocycles. The smallest absolute Gasteiger partial charge is 0.157 e. The van der Waals surface area contributed by atoms with E-state index in [1.165, 1.54) is 0 Å². The molecule has 0 aliphatic heterocycles. The van der Waals surface area contributed by atoms with Crippen LogP contribution in [0.1, 0.15) is 65.7 Å². The molecule has 2 atom stereocenters. The van der Waals surface area contributed by atoms with Crippen molar-refractivity contribution in [2.75, 3.05) is 6.54 Å². The highest BCUT2D eigenvalue weighted by Crippen LogP contribution is 2.41. The van der Waals surface area contributed by atoms with Crippen molar-refractivity contribution in [3.63, 3.8) is 0 Å². The minimum Gasteiger partial charge on any atom is -0.312 e. The first-order valence-electron chi connectivity index (χ1n) is 7.85. The molecule has 0 aromatic rings. The second kappa shape index (κ2) is 5.72. The van der Waals surface area contributed by atoms with E-state index in [0.29, 0.717) is 0 Å². The highest BCUT2D eigenvalue weighted by Gasteiger charge is 2.47. The standard InChI is InChI=1S/C15H29NO2S/c1-4-16-14-13(10-7-11-15(14,2)3)19(17,18)12-8-5-6-9-12/h12-14,16H,4-11H2,1-3H3. The first kappa shape index (κ1) is 15.3. The molecule has 2 rings (SSSR count). The van der Waals surface area contributed by atoms with Crippen LogP contribution in [0.5, 0.6) is 0 Å². The molecule has 2 aliphatic rings. The zero-order valence-electron chi connectivity index (χ0n) is 12.6. The molecule has 0 saturated heterocycles. The van der Waals surface area contributed by atoms with Gasteiger partial charge in [0.1, 0.15) is 0 Å². The van der Waals surface area contributed by atoms with Gasteiger partial charge in [0, 0.05) is 6.04 Å². The summed E-state index contributed by atoms with van der Waals surface area (Å²) in [6.07, 6.45) is 6.97. The van der Waals surface area contributed by atoms with Crippen molar-refractivity contribution in [2.24, 2.45) is 5.41 Å². The molecule has 0 spiro atoms. The maximum absolute atomic E-state index is 12.9. The fourth-order valence-electron chi connectivity index (χ4n) is 4.03. The number of sulfone groups is 1. The highest BCUT2D eigenvalue weighted by molar-refractivity contribution is 7.92. The van der Waals surface area contributed by atoms with Gasteiger partial charge in [-0.15, -0.1) is 0 Å². The number of hydrogen-bond donors (Lipinski definition) is 1. The Balaban J connectivity index is 2.24. The molecule has 0 radical (unpaired) electrons. The lowest BCUT2D eigenvalue weighted by Gasteiger charge is -2.44. The summed E-state index contributed by atoms with van der Waals surface area (Å²) < 4.78 is 25.8. The molecule has 4 heteroatoms. The van der Waals surface area contributed by atoms with Crippen molar-refractivity contribution in [3.05, 3.63) is 0 Å². The summed E-state index contributed by atoms with van der Waals surface area (Å²) >= 11 is 0. The highest BCUT2D eigenvalue weighted by atomic mass is 32.2. The molecular weight excluding hydrogens is 258 g/mol.